The van der Waals surface area contributed by atoms with Crippen LogP contribution in [0.3, 0.4) is 0 Å². The molecule has 5 N–H and O–H groups in total. The van der Waals surface area contributed by atoms with Gasteiger partial charge in [0.1, 0.15) is 29.0 Å². The van der Waals surface area contributed by atoms with Gasteiger partial charge in [-0.25, -0.2) is 9.97 Å². The number of anilines is 2. The van der Waals surface area contributed by atoms with Gasteiger partial charge in [-0.15, -0.1) is 11.3 Å². The maximum absolute atomic E-state index is 12.8. The lowest BCUT2D eigenvalue weighted by atomic mass is 9.82. The monoisotopic (exact) mass is 524 g/mol. The molecule has 0 aliphatic heterocycles. The van der Waals surface area contributed by atoms with Crippen LogP contribution in [0.5, 0.6) is 0 Å². The van der Waals surface area contributed by atoms with E-state index in [9.17, 15) is 28.5 Å². The molecule has 2 saturated carbocycles. The van der Waals surface area contributed by atoms with Crippen LogP contribution in [0.4, 0.5) is 24.9 Å². The predicted octanol–water partition coefficient (Wildman–Crippen LogP) is 3.21. The molecule has 194 valence electrons. The maximum Gasteiger partial charge on any atom is 0.405 e. The number of aliphatic hydroxyl groups is 3. The average Bonchev–Trinajstić information content (AvgIpc) is 3.33. The highest BCUT2D eigenvalue weighted by Crippen LogP contribution is 2.42. The van der Waals surface area contributed by atoms with E-state index < -0.39 is 36.9 Å². The number of nitrogens with one attached hydrogen (secondary N) is 2. The van der Waals surface area contributed by atoms with Gasteiger partial charge >= 0.3 is 6.18 Å². The number of aromatic nitrogens is 4. The molecule has 3 aromatic rings. The lowest BCUT2D eigenvalue weighted by Gasteiger charge is -2.24. The first-order valence-electron chi connectivity index (χ1n) is 11.8. The molecule has 0 bridgehead atoms. The largest absolute Gasteiger partial charge is 0.405 e. The molecule has 2 aliphatic carbocycles. The van der Waals surface area contributed by atoms with Gasteiger partial charge < -0.3 is 26.0 Å². The number of rotatable bonds is 7. The molecule has 0 amide bonds. The van der Waals surface area contributed by atoms with Gasteiger partial charge in [-0.3, -0.25) is 4.98 Å². The van der Waals surface area contributed by atoms with Crippen LogP contribution in [0.25, 0.3) is 20.8 Å². The summed E-state index contributed by atoms with van der Waals surface area (Å²) in [5.74, 6) is -0.205. The molecule has 2 aliphatic rings. The summed E-state index contributed by atoms with van der Waals surface area (Å²) in [6, 6.07) is 1.20. The summed E-state index contributed by atoms with van der Waals surface area (Å²) in [7, 11) is 0. The second-order valence-corrected chi connectivity index (χ2v) is 10.5. The minimum absolute atomic E-state index is 0.194. The number of halogens is 3. The van der Waals surface area contributed by atoms with Gasteiger partial charge in [-0.1, -0.05) is 6.42 Å². The predicted molar refractivity (Wildman–Crippen MR) is 129 cm³/mol. The molecule has 4 atom stereocenters. The SMILES string of the molecule is Cc1nc(NCC(F)(F)F)nc(N[C@@H]2C[C@H](CO)[C@@H](O)[C@H]2O)c1-c1nc2c(C3CCC3)nccc2s1. The molecule has 3 aromatic heterocycles. The van der Waals surface area contributed by atoms with Gasteiger partial charge in [0.15, 0.2) is 0 Å². The van der Waals surface area contributed by atoms with Crippen LogP contribution in [0.2, 0.25) is 0 Å². The third kappa shape index (κ3) is 4.84. The number of pyridine rings is 1. The van der Waals surface area contributed by atoms with Crippen LogP contribution < -0.4 is 10.6 Å². The lowest BCUT2D eigenvalue weighted by Crippen LogP contribution is -2.36. The smallest absolute Gasteiger partial charge is 0.396 e. The number of fused-ring (bicyclic) bond motifs is 1. The van der Waals surface area contributed by atoms with Gasteiger partial charge in [0.05, 0.1) is 33.8 Å². The molecular weight excluding hydrogens is 497 g/mol. The highest BCUT2D eigenvalue weighted by molar-refractivity contribution is 7.21. The second-order valence-electron chi connectivity index (χ2n) is 9.43. The van der Waals surface area contributed by atoms with E-state index in [1.54, 1.807) is 13.1 Å². The number of thiazole rings is 1. The first-order chi connectivity index (χ1) is 17.1. The maximum atomic E-state index is 12.8. The molecule has 13 heteroatoms. The van der Waals surface area contributed by atoms with Crippen LogP contribution in [0.1, 0.15) is 43.0 Å². The molecular formula is C23H27F3N6O3S. The van der Waals surface area contributed by atoms with Crippen LogP contribution in [-0.2, 0) is 0 Å². The summed E-state index contributed by atoms with van der Waals surface area (Å²) < 4.78 is 39.4. The van der Waals surface area contributed by atoms with Crippen molar-refractivity contribution in [2.75, 3.05) is 23.8 Å². The molecule has 9 nitrogen and oxygen atoms in total. The Morgan fingerprint density at radius 2 is 1.92 bits per heavy atom. The zero-order chi connectivity index (χ0) is 25.6. The van der Waals surface area contributed by atoms with Crippen molar-refractivity contribution in [1.82, 2.24) is 19.9 Å². The molecule has 5 rings (SSSR count). The molecule has 0 aromatic carbocycles. The zero-order valence-corrected chi connectivity index (χ0v) is 20.3. The van der Waals surface area contributed by atoms with Gasteiger partial charge in [-0.05, 0) is 32.3 Å². The Kier molecular flexibility index (Phi) is 6.74. The third-order valence-electron chi connectivity index (χ3n) is 6.94. The number of alkyl halides is 3. The Bertz CT molecular complexity index is 1250. The first kappa shape index (κ1) is 25.1. The van der Waals surface area contributed by atoms with Crippen LogP contribution >= 0.6 is 11.3 Å². The topological polar surface area (TPSA) is 136 Å². The van der Waals surface area contributed by atoms with E-state index >= 15 is 0 Å². The first-order valence-corrected chi connectivity index (χ1v) is 12.6. The molecule has 36 heavy (non-hydrogen) atoms. The van der Waals surface area contributed by atoms with Gasteiger partial charge in [0.25, 0.3) is 0 Å². The van der Waals surface area contributed by atoms with E-state index in [0.717, 1.165) is 35.2 Å². The minimum Gasteiger partial charge on any atom is -0.396 e. The van der Waals surface area contributed by atoms with Gasteiger partial charge in [-0.2, -0.15) is 18.2 Å². The number of hydrogen-bond donors (Lipinski definition) is 5. The Balaban J connectivity index is 1.56. The Morgan fingerprint density at radius 1 is 1.14 bits per heavy atom. The zero-order valence-electron chi connectivity index (χ0n) is 19.5. The van der Waals surface area contributed by atoms with Crippen molar-refractivity contribution in [2.45, 2.75) is 63.0 Å². The molecule has 0 unspecified atom stereocenters. The third-order valence-corrected chi connectivity index (χ3v) is 7.97. The van der Waals surface area contributed by atoms with Crippen molar-refractivity contribution in [3.63, 3.8) is 0 Å². The van der Waals surface area contributed by atoms with Crippen molar-refractivity contribution in [2.24, 2.45) is 5.92 Å². The van der Waals surface area contributed by atoms with E-state index in [0.29, 0.717) is 22.2 Å². The fourth-order valence-corrected chi connectivity index (χ4v) is 5.85. The Morgan fingerprint density at radius 3 is 2.56 bits per heavy atom. The summed E-state index contributed by atoms with van der Waals surface area (Å²) >= 11 is 1.41. The number of hydrogen-bond acceptors (Lipinski definition) is 10. The van der Waals surface area contributed by atoms with Crippen LogP contribution in [0, 0.1) is 12.8 Å². The molecule has 2 fully saturated rings. The van der Waals surface area contributed by atoms with E-state index in [-0.39, 0.29) is 24.8 Å². The Hall–Kier alpha value is -2.61. The second kappa shape index (κ2) is 9.69. The summed E-state index contributed by atoms with van der Waals surface area (Å²) in [4.78, 5) is 18.0. The standard InChI is InChI=1S/C23H27F3N6O3S/c1-10-15(21-31-17-14(36-21)5-6-27-16(17)11-3-2-4-11)20(32-22(29-10)28-9-23(24,25)26)30-13-7-12(8-33)18(34)19(13)35/h5-6,11-13,18-19,33-35H,2-4,7-9H2,1H3,(H2,28,29,30,32)/t12-,13-,18-,19+/m1/s1. The van der Waals surface area contributed by atoms with Crippen molar-refractivity contribution in [3.05, 3.63) is 23.7 Å². The molecule has 0 spiro atoms. The van der Waals surface area contributed by atoms with Crippen LogP contribution in [0.15, 0.2) is 12.3 Å². The van der Waals surface area contributed by atoms with Crippen molar-refractivity contribution in [1.29, 1.82) is 0 Å². The summed E-state index contributed by atoms with van der Waals surface area (Å²) in [5.41, 5.74) is 2.64. The lowest BCUT2D eigenvalue weighted by molar-refractivity contribution is -0.115. The van der Waals surface area contributed by atoms with Gasteiger partial charge in [0, 0.05) is 24.6 Å². The molecule has 3 heterocycles. The number of aryl methyl sites for hydroxylation is 1. The highest BCUT2D eigenvalue weighted by Gasteiger charge is 2.41. The number of nitrogens with zero attached hydrogens (tertiary/aromatic N) is 4. The number of aliphatic hydroxyl groups excluding tert-OH is 3. The summed E-state index contributed by atoms with van der Waals surface area (Å²) in [6.07, 6.45) is -1.51. The fourth-order valence-electron chi connectivity index (χ4n) is 4.78. The van der Waals surface area contributed by atoms with Crippen molar-refractivity contribution >= 4 is 33.3 Å². The van der Waals surface area contributed by atoms with Crippen molar-refractivity contribution < 1.29 is 28.5 Å². The van der Waals surface area contributed by atoms with E-state index in [4.69, 9.17) is 4.98 Å². The summed E-state index contributed by atoms with van der Waals surface area (Å²) in [6.45, 7) is 0.0496. The molecule has 0 saturated heterocycles. The molecule has 0 radical (unpaired) electrons. The van der Waals surface area contributed by atoms with E-state index in [1.807, 2.05) is 6.07 Å². The minimum atomic E-state index is -4.46. The van der Waals surface area contributed by atoms with Gasteiger partial charge in [0.2, 0.25) is 5.95 Å². The average molecular weight is 525 g/mol. The highest BCUT2D eigenvalue weighted by atomic mass is 32.1. The van der Waals surface area contributed by atoms with Crippen LogP contribution in [-0.4, -0.2) is 72.8 Å². The Labute approximate surface area is 208 Å². The fraction of sp³-hybridized carbons (Fsp3) is 0.565. The van der Waals surface area contributed by atoms with E-state index in [2.05, 4.69) is 25.6 Å². The summed E-state index contributed by atoms with van der Waals surface area (Å²) in [5, 5.41) is 36.2. The normalized spacial score (nSPS) is 24.8. The quantitative estimate of drug-likeness (QED) is 0.316. The van der Waals surface area contributed by atoms with Crippen molar-refractivity contribution in [3.8, 4) is 10.6 Å². The van der Waals surface area contributed by atoms with E-state index in [1.165, 1.54) is 11.3 Å².